The predicted octanol–water partition coefficient (Wildman–Crippen LogP) is 3.62. The third-order valence-electron chi connectivity index (χ3n) is 2.07. The highest BCUT2D eigenvalue weighted by Gasteiger charge is 2.18. The second-order valence-corrected chi connectivity index (χ2v) is 9.01. The summed E-state index contributed by atoms with van der Waals surface area (Å²) in [5.41, 5.74) is 0.899. The second-order valence-electron chi connectivity index (χ2n) is 3.49. The van der Waals surface area contributed by atoms with Crippen LogP contribution in [0.5, 0.6) is 0 Å². The first-order valence-corrected chi connectivity index (χ1v) is 8.96. The maximum absolute atomic E-state index is 12.1. The number of thiophene rings is 1. The number of hydrogen-bond acceptors (Lipinski definition) is 4. The van der Waals surface area contributed by atoms with E-state index in [1.165, 1.54) is 11.3 Å². The highest BCUT2D eigenvalue weighted by Crippen LogP contribution is 2.31. The van der Waals surface area contributed by atoms with Gasteiger partial charge in [-0.05, 0) is 69.2 Å². The lowest BCUT2D eigenvalue weighted by Crippen LogP contribution is -2.12. The Morgan fingerprint density at radius 1 is 1.44 bits per heavy atom. The highest BCUT2D eigenvalue weighted by molar-refractivity contribution is 14.1. The molecular formula is C10H8BrIN2O2S2. The molecule has 18 heavy (non-hydrogen) atoms. The first-order valence-electron chi connectivity index (χ1n) is 4.79. The van der Waals surface area contributed by atoms with Gasteiger partial charge in [0.25, 0.3) is 10.0 Å². The summed E-state index contributed by atoms with van der Waals surface area (Å²) in [6.07, 6.45) is 1.61. The van der Waals surface area contributed by atoms with Crippen molar-refractivity contribution < 1.29 is 8.42 Å². The highest BCUT2D eigenvalue weighted by atomic mass is 127. The van der Waals surface area contributed by atoms with Gasteiger partial charge in [-0.15, -0.1) is 11.3 Å². The van der Waals surface area contributed by atoms with E-state index in [-0.39, 0.29) is 4.21 Å². The van der Waals surface area contributed by atoms with E-state index in [4.69, 9.17) is 0 Å². The van der Waals surface area contributed by atoms with E-state index in [0.717, 1.165) is 12.9 Å². The Labute approximate surface area is 131 Å². The van der Waals surface area contributed by atoms with Crippen molar-refractivity contribution in [1.82, 2.24) is 4.98 Å². The van der Waals surface area contributed by atoms with E-state index < -0.39 is 10.0 Å². The maximum atomic E-state index is 12.1. The molecule has 0 radical (unpaired) electrons. The van der Waals surface area contributed by atoms with Crippen molar-refractivity contribution in [2.45, 2.75) is 11.1 Å². The van der Waals surface area contributed by atoms with Crippen LogP contribution in [0.4, 0.5) is 5.82 Å². The molecule has 2 rings (SSSR count). The molecule has 0 aliphatic heterocycles. The topological polar surface area (TPSA) is 59.1 Å². The second kappa shape index (κ2) is 5.43. The summed E-state index contributed by atoms with van der Waals surface area (Å²) in [5.74, 6) is 0.317. The van der Waals surface area contributed by atoms with Crippen molar-refractivity contribution in [3.8, 4) is 0 Å². The molecule has 0 atom stereocenters. The Kier molecular flexibility index (Phi) is 4.29. The van der Waals surface area contributed by atoms with Crippen molar-refractivity contribution in [2.75, 3.05) is 4.72 Å². The molecule has 8 heteroatoms. The Bertz CT molecular complexity index is 648. The number of pyridine rings is 1. The van der Waals surface area contributed by atoms with Crippen LogP contribution >= 0.6 is 49.9 Å². The SMILES string of the molecule is Cc1cc(S(=O)(=O)Nc2ccc(I)cn2)sc1Br. The summed E-state index contributed by atoms with van der Waals surface area (Å²) in [6, 6.07) is 5.06. The predicted molar refractivity (Wildman–Crippen MR) is 84.5 cm³/mol. The van der Waals surface area contributed by atoms with Crippen molar-refractivity contribution in [3.63, 3.8) is 0 Å². The van der Waals surface area contributed by atoms with Crippen LogP contribution < -0.4 is 4.72 Å². The molecule has 4 nitrogen and oxygen atoms in total. The first-order chi connectivity index (χ1) is 8.38. The van der Waals surface area contributed by atoms with Crippen LogP contribution in [0.3, 0.4) is 0 Å². The molecule has 0 bridgehead atoms. The average molecular weight is 459 g/mol. The van der Waals surface area contributed by atoms with Gasteiger partial charge in [-0.1, -0.05) is 0 Å². The maximum Gasteiger partial charge on any atom is 0.272 e. The Hall–Kier alpha value is -0.190. The zero-order valence-electron chi connectivity index (χ0n) is 9.15. The van der Waals surface area contributed by atoms with Crippen LogP contribution in [0.25, 0.3) is 0 Å². The van der Waals surface area contributed by atoms with Gasteiger partial charge in [0.1, 0.15) is 10.0 Å². The van der Waals surface area contributed by atoms with E-state index in [1.807, 2.05) is 6.92 Å². The molecule has 0 amide bonds. The number of aryl methyl sites for hydroxylation is 1. The summed E-state index contributed by atoms with van der Waals surface area (Å²) >= 11 is 6.60. The van der Waals surface area contributed by atoms with Gasteiger partial charge >= 0.3 is 0 Å². The smallest absolute Gasteiger partial charge is 0.263 e. The summed E-state index contributed by atoms with van der Waals surface area (Å²) in [4.78, 5) is 4.01. The van der Waals surface area contributed by atoms with Crippen LogP contribution in [0.15, 0.2) is 32.4 Å². The average Bonchev–Trinajstić information content (AvgIpc) is 2.63. The fourth-order valence-electron chi connectivity index (χ4n) is 1.19. The summed E-state index contributed by atoms with van der Waals surface area (Å²) in [7, 11) is -3.55. The molecule has 0 saturated carbocycles. The van der Waals surface area contributed by atoms with E-state index >= 15 is 0 Å². The number of aromatic nitrogens is 1. The van der Waals surface area contributed by atoms with Gasteiger partial charge < -0.3 is 0 Å². The van der Waals surface area contributed by atoms with Crippen molar-refractivity contribution in [3.05, 3.63) is 37.3 Å². The molecule has 2 aromatic rings. The fourth-order valence-corrected chi connectivity index (χ4v) is 4.74. The molecule has 0 saturated heterocycles. The Morgan fingerprint density at radius 2 is 2.17 bits per heavy atom. The van der Waals surface area contributed by atoms with Crippen molar-refractivity contribution in [2.24, 2.45) is 0 Å². The molecular weight excluding hydrogens is 451 g/mol. The zero-order chi connectivity index (χ0) is 13.3. The van der Waals surface area contributed by atoms with E-state index in [1.54, 1.807) is 24.4 Å². The van der Waals surface area contributed by atoms with E-state index in [9.17, 15) is 8.42 Å². The monoisotopic (exact) mass is 458 g/mol. The van der Waals surface area contributed by atoms with Gasteiger partial charge in [-0.25, -0.2) is 13.4 Å². The quantitative estimate of drug-likeness (QED) is 0.714. The lowest BCUT2D eigenvalue weighted by Gasteiger charge is -2.04. The van der Waals surface area contributed by atoms with Gasteiger partial charge in [0, 0.05) is 9.77 Å². The molecule has 0 aliphatic rings. The zero-order valence-corrected chi connectivity index (χ0v) is 14.5. The third kappa shape index (κ3) is 3.22. The largest absolute Gasteiger partial charge is 0.272 e. The minimum Gasteiger partial charge on any atom is -0.263 e. The number of rotatable bonds is 3. The van der Waals surface area contributed by atoms with Crippen LogP contribution in [0, 0.1) is 10.5 Å². The van der Waals surface area contributed by atoms with Gasteiger partial charge in [0.05, 0.1) is 3.79 Å². The van der Waals surface area contributed by atoms with E-state index in [0.29, 0.717) is 5.82 Å². The standard InChI is InChI=1S/C10H8BrIN2O2S2/c1-6-4-9(17-10(6)11)18(15,16)14-8-3-2-7(12)5-13-8/h2-5H,1H3,(H,13,14). The lowest BCUT2D eigenvalue weighted by atomic mass is 10.4. The van der Waals surface area contributed by atoms with Gasteiger partial charge in [0.15, 0.2) is 0 Å². The molecule has 96 valence electrons. The molecule has 1 N–H and O–H groups in total. The Morgan fingerprint density at radius 3 is 2.67 bits per heavy atom. The molecule has 0 unspecified atom stereocenters. The number of sulfonamides is 1. The van der Waals surface area contributed by atoms with Crippen LogP contribution in [-0.4, -0.2) is 13.4 Å². The molecule has 0 aliphatic carbocycles. The summed E-state index contributed by atoms with van der Waals surface area (Å²) in [5, 5.41) is 0. The molecule has 2 aromatic heterocycles. The molecule has 2 heterocycles. The van der Waals surface area contributed by atoms with Crippen LogP contribution in [0.1, 0.15) is 5.56 Å². The van der Waals surface area contributed by atoms with Gasteiger partial charge in [0.2, 0.25) is 0 Å². The van der Waals surface area contributed by atoms with Crippen LogP contribution in [-0.2, 0) is 10.0 Å². The minimum atomic E-state index is -3.55. The summed E-state index contributed by atoms with van der Waals surface area (Å²) < 4.78 is 28.7. The van der Waals surface area contributed by atoms with Crippen molar-refractivity contribution in [1.29, 1.82) is 0 Å². The van der Waals surface area contributed by atoms with Gasteiger partial charge in [-0.3, -0.25) is 4.72 Å². The lowest BCUT2D eigenvalue weighted by molar-refractivity contribution is 0.603. The van der Waals surface area contributed by atoms with Crippen LogP contribution in [0.2, 0.25) is 0 Å². The molecule has 0 aromatic carbocycles. The molecule has 0 fully saturated rings. The van der Waals surface area contributed by atoms with Crippen molar-refractivity contribution >= 4 is 65.7 Å². The number of nitrogens with one attached hydrogen (secondary N) is 1. The first kappa shape index (κ1) is 14.2. The Balaban J connectivity index is 2.29. The number of halogens is 2. The number of anilines is 1. The minimum absolute atomic E-state index is 0.271. The third-order valence-corrected chi connectivity index (χ3v) is 6.67. The van der Waals surface area contributed by atoms with Gasteiger partial charge in [-0.2, -0.15) is 0 Å². The number of hydrogen-bond donors (Lipinski definition) is 1. The fraction of sp³-hybridized carbons (Fsp3) is 0.100. The normalized spacial score (nSPS) is 11.5. The number of nitrogens with zero attached hydrogens (tertiary/aromatic N) is 1. The van der Waals surface area contributed by atoms with E-state index in [2.05, 4.69) is 48.2 Å². The summed E-state index contributed by atoms with van der Waals surface area (Å²) in [6.45, 7) is 1.85. The molecule has 0 spiro atoms.